The monoisotopic (exact) mass is 362 g/mol. The molecule has 26 heavy (non-hydrogen) atoms. The van der Waals surface area contributed by atoms with Crippen molar-refractivity contribution in [1.82, 2.24) is 10.2 Å². The lowest BCUT2D eigenvalue weighted by Gasteiger charge is -2.38. The number of carbonyl (C=O) groups is 2. The SMILES string of the molecule is COc1cc(CC(=O)N2CCC3(CC2)CNC(=O)C3)cc(OC)c1OC. The van der Waals surface area contributed by atoms with Crippen LogP contribution in [0.5, 0.6) is 17.2 Å². The Kier molecular flexibility index (Phi) is 5.25. The van der Waals surface area contributed by atoms with Crippen LogP contribution < -0.4 is 19.5 Å². The maximum atomic E-state index is 12.7. The molecule has 0 aliphatic carbocycles. The summed E-state index contributed by atoms with van der Waals surface area (Å²) in [5.74, 6) is 1.81. The third-order valence-corrected chi connectivity index (χ3v) is 5.45. The maximum Gasteiger partial charge on any atom is 0.226 e. The van der Waals surface area contributed by atoms with Crippen molar-refractivity contribution in [3.05, 3.63) is 17.7 Å². The fourth-order valence-electron chi connectivity index (χ4n) is 3.86. The Labute approximate surface area is 153 Å². The van der Waals surface area contributed by atoms with Gasteiger partial charge in [0.25, 0.3) is 0 Å². The molecule has 2 heterocycles. The lowest BCUT2D eigenvalue weighted by Crippen LogP contribution is -2.44. The molecule has 0 radical (unpaired) electrons. The van der Waals surface area contributed by atoms with Gasteiger partial charge in [-0.15, -0.1) is 0 Å². The Balaban J connectivity index is 1.66. The Bertz CT molecular complexity index is 670. The van der Waals surface area contributed by atoms with Crippen molar-refractivity contribution in [2.45, 2.75) is 25.7 Å². The van der Waals surface area contributed by atoms with Crippen molar-refractivity contribution < 1.29 is 23.8 Å². The molecule has 2 amide bonds. The fraction of sp³-hybridized carbons (Fsp3) is 0.579. The van der Waals surface area contributed by atoms with Crippen LogP contribution in [0.15, 0.2) is 12.1 Å². The molecule has 7 nitrogen and oxygen atoms in total. The van der Waals surface area contributed by atoms with Gasteiger partial charge >= 0.3 is 0 Å². The molecule has 2 aliphatic rings. The van der Waals surface area contributed by atoms with Gasteiger partial charge in [-0.25, -0.2) is 0 Å². The van der Waals surface area contributed by atoms with E-state index in [1.165, 1.54) is 0 Å². The number of benzene rings is 1. The molecule has 1 spiro atoms. The number of hydrogen-bond acceptors (Lipinski definition) is 5. The standard InChI is InChI=1S/C19H26N2O5/c1-24-14-8-13(9-15(25-2)18(14)26-3)10-17(23)21-6-4-19(5-7-21)11-16(22)20-12-19/h8-9H,4-7,10-12H2,1-3H3,(H,20,22). The summed E-state index contributed by atoms with van der Waals surface area (Å²) >= 11 is 0. The number of amides is 2. The van der Waals surface area contributed by atoms with Crippen LogP contribution in [0.4, 0.5) is 0 Å². The minimum Gasteiger partial charge on any atom is -0.493 e. The molecular formula is C19H26N2O5. The number of nitrogens with one attached hydrogen (secondary N) is 1. The molecule has 3 rings (SSSR count). The van der Waals surface area contributed by atoms with Crippen molar-refractivity contribution in [2.75, 3.05) is 41.0 Å². The number of piperidine rings is 1. The predicted octanol–water partition coefficient (Wildman–Crippen LogP) is 1.38. The molecule has 0 unspecified atom stereocenters. The summed E-state index contributed by atoms with van der Waals surface area (Å²) in [6.07, 6.45) is 2.60. The van der Waals surface area contributed by atoms with Crippen LogP contribution in [0.3, 0.4) is 0 Å². The number of ether oxygens (including phenoxy) is 3. The molecule has 1 aromatic carbocycles. The van der Waals surface area contributed by atoms with Crippen molar-refractivity contribution in [3.63, 3.8) is 0 Å². The van der Waals surface area contributed by atoms with Crippen molar-refractivity contribution in [2.24, 2.45) is 5.41 Å². The Morgan fingerprint density at radius 3 is 2.19 bits per heavy atom. The van der Waals surface area contributed by atoms with Gasteiger partial charge in [-0.2, -0.15) is 0 Å². The van der Waals surface area contributed by atoms with Gasteiger partial charge < -0.3 is 24.4 Å². The second-order valence-corrected chi connectivity index (χ2v) is 7.04. The van der Waals surface area contributed by atoms with E-state index in [9.17, 15) is 9.59 Å². The molecule has 0 atom stereocenters. The highest BCUT2D eigenvalue weighted by Gasteiger charge is 2.41. The quantitative estimate of drug-likeness (QED) is 0.856. The lowest BCUT2D eigenvalue weighted by molar-refractivity contribution is -0.132. The average molecular weight is 362 g/mol. The zero-order valence-corrected chi connectivity index (χ0v) is 15.6. The summed E-state index contributed by atoms with van der Waals surface area (Å²) in [5.41, 5.74) is 0.864. The molecule has 1 N–H and O–H groups in total. The summed E-state index contributed by atoms with van der Waals surface area (Å²) in [4.78, 5) is 26.1. The van der Waals surface area contributed by atoms with Crippen molar-refractivity contribution >= 4 is 11.8 Å². The first-order chi connectivity index (χ1) is 12.5. The Morgan fingerprint density at radius 2 is 1.73 bits per heavy atom. The second kappa shape index (κ2) is 7.43. The predicted molar refractivity (Wildman–Crippen MR) is 95.7 cm³/mol. The summed E-state index contributed by atoms with van der Waals surface area (Å²) in [6.45, 7) is 2.12. The molecular weight excluding hydrogens is 336 g/mol. The molecule has 7 heteroatoms. The van der Waals surface area contributed by atoms with Crippen LogP contribution in [0.2, 0.25) is 0 Å². The van der Waals surface area contributed by atoms with E-state index < -0.39 is 0 Å². The van der Waals surface area contributed by atoms with Gasteiger partial charge in [0.05, 0.1) is 27.8 Å². The summed E-state index contributed by atoms with van der Waals surface area (Å²) in [7, 11) is 4.67. The topological polar surface area (TPSA) is 77.1 Å². The largest absolute Gasteiger partial charge is 0.493 e. The van der Waals surface area contributed by atoms with E-state index in [0.717, 1.165) is 24.9 Å². The highest BCUT2D eigenvalue weighted by Crippen LogP contribution is 2.39. The smallest absolute Gasteiger partial charge is 0.226 e. The van der Waals surface area contributed by atoms with E-state index in [1.54, 1.807) is 21.3 Å². The Morgan fingerprint density at radius 1 is 1.12 bits per heavy atom. The van der Waals surface area contributed by atoms with Crippen LogP contribution in [0, 0.1) is 5.41 Å². The zero-order valence-electron chi connectivity index (χ0n) is 15.6. The van der Waals surface area contributed by atoms with E-state index >= 15 is 0 Å². The lowest BCUT2D eigenvalue weighted by atomic mass is 9.77. The molecule has 142 valence electrons. The molecule has 2 aliphatic heterocycles. The number of rotatable bonds is 5. The number of carbonyl (C=O) groups excluding carboxylic acids is 2. The van der Waals surface area contributed by atoms with E-state index in [-0.39, 0.29) is 23.7 Å². The first-order valence-corrected chi connectivity index (χ1v) is 8.83. The first-order valence-electron chi connectivity index (χ1n) is 8.83. The van der Waals surface area contributed by atoms with Crippen LogP contribution in [-0.4, -0.2) is 57.7 Å². The molecule has 1 aromatic rings. The van der Waals surface area contributed by atoms with Gasteiger partial charge in [0.15, 0.2) is 11.5 Å². The molecule has 0 bridgehead atoms. The average Bonchev–Trinajstić information content (AvgIpc) is 3.01. The minimum absolute atomic E-state index is 0.0421. The normalized spacial score (nSPS) is 18.6. The van der Waals surface area contributed by atoms with Crippen LogP contribution >= 0.6 is 0 Å². The van der Waals surface area contributed by atoms with Gasteiger partial charge in [-0.05, 0) is 36.0 Å². The van der Waals surface area contributed by atoms with Crippen LogP contribution in [0.1, 0.15) is 24.8 Å². The van der Waals surface area contributed by atoms with Crippen LogP contribution in [0.25, 0.3) is 0 Å². The molecule has 2 fully saturated rings. The molecule has 0 saturated carbocycles. The summed E-state index contributed by atoms with van der Waals surface area (Å²) in [6, 6.07) is 3.62. The van der Waals surface area contributed by atoms with E-state index in [2.05, 4.69) is 5.32 Å². The number of likely N-dealkylation sites (tertiary alicyclic amines) is 1. The zero-order chi connectivity index (χ0) is 18.7. The third kappa shape index (κ3) is 3.57. The van der Waals surface area contributed by atoms with Gasteiger partial charge in [-0.1, -0.05) is 0 Å². The molecule has 2 saturated heterocycles. The first kappa shape index (κ1) is 18.4. The van der Waals surface area contributed by atoms with Gasteiger partial charge in [0.1, 0.15) is 0 Å². The number of methoxy groups -OCH3 is 3. The van der Waals surface area contributed by atoms with E-state index in [1.807, 2.05) is 17.0 Å². The fourth-order valence-corrected chi connectivity index (χ4v) is 3.86. The summed E-state index contributed by atoms with van der Waals surface area (Å²) < 4.78 is 16.0. The van der Waals surface area contributed by atoms with E-state index in [4.69, 9.17) is 14.2 Å². The maximum absolute atomic E-state index is 12.7. The van der Waals surface area contributed by atoms with Gasteiger partial charge in [0, 0.05) is 26.1 Å². The third-order valence-electron chi connectivity index (χ3n) is 5.45. The Hall–Kier alpha value is -2.44. The van der Waals surface area contributed by atoms with Gasteiger partial charge in [-0.3, -0.25) is 9.59 Å². The number of nitrogens with zero attached hydrogens (tertiary/aromatic N) is 1. The van der Waals surface area contributed by atoms with E-state index in [0.29, 0.717) is 36.8 Å². The highest BCUT2D eigenvalue weighted by atomic mass is 16.5. The highest BCUT2D eigenvalue weighted by molar-refractivity contribution is 5.80. The summed E-state index contributed by atoms with van der Waals surface area (Å²) in [5, 5.41) is 2.92. The van der Waals surface area contributed by atoms with Crippen LogP contribution in [-0.2, 0) is 16.0 Å². The minimum atomic E-state index is 0.0421. The second-order valence-electron chi connectivity index (χ2n) is 7.04. The van der Waals surface area contributed by atoms with Crippen molar-refractivity contribution in [3.8, 4) is 17.2 Å². The van der Waals surface area contributed by atoms with Gasteiger partial charge in [0.2, 0.25) is 17.6 Å². The van der Waals surface area contributed by atoms with Crippen molar-refractivity contribution in [1.29, 1.82) is 0 Å². The molecule has 0 aromatic heterocycles. The number of hydrogen-bond donors (Lipinski definition) is 1.